The highest BCUT2D eigenvalue weighted by atomic mass is 16.8. The first-order valence-electron chi connectivity index (χ1n) is 9.44. The summed E-state index contributed by atoms with van der Waals surface area (Å²) in [4.78, 5) is 30.7. The van der Waals surface area contributed by atoms with E-state index in [1.54, 1.807) is 6.92 Å². The number of aliphatic hydroxyl groups is 1. The van der Waals surface area contributed by atoms with Crippen LogP contribution in [0, 0.1) is 5.92 Å². The molecule has 7 heteroatoms. The third kappa shape index (κ3) is 4.94. The number of fused-ring (bicyclic) bond motifs is 1. The van der Waals surface area contributed by atoms with Crippen LogP contribution in [0.5, 0.6) is 0 Å². The Kier molecular flexibility index (Phi) is 7.11. The zero-order valence-electron chi connectivity index (χ0n) is 15.9. The van der Waals surface area contributed by atoms with Gasteiger partial charge in [0.05, 0.1) is 19.8 Å². The van der Waals surface area contributed by atoms with Crippen LogP contribution in [0.25, 0.3) is 10.8 Å². The Hall–Kier alpha value is -2.32. The molecule has 0 aromatic heterocycles. The number of esters is 1. The van der Waals surface area contributed by atoms with E-state index in [9.17, 15) is 14.7 Å². The van der Waals surface area contributed by atoms with Gasteiger partial charge in [-0.1, -0.05) is 42.5 Å². The molecule has 2 aromatic rings. The summed E-state index contributed by atoms with van der Waals surface area (Å²) in [5, 5.41) is 13.7. The van der Waals surface area contributed by atoms with E-state index >= 15 is 0 Å². The van der Waals surface area contributed by atoms with Gasteiger partial charge in [-0.2, -0.15) is 5.06 Å². The molecular weight excluding hydrogens is 362 g/mol. The number of hydroxylamine groups is 2. The van der Waals surface area contributed by atoms with Crippen LogP contribution in [0.1, 0.15) is 12.5 Å². The summed E-state index contributed by atoms with van der Waals surface area (Å²) in [5.74, 6) is -2.52. The van der Waals surface area contributed by atoms with E-state index in [-0.39, 0.29) is 13.0 Å². The molecule has 0 amide bonds. The molecule has 1 aliphatic heterocycles. The van der Waals surface area contributed by atoms with Gasteiger partial charge in [-0.15, -0.1) is 0 Å². The van der Waals surface area contributed by atoms with Crippen LogP contribution in [0.2, 0.25) is 0 Å². The molecule has 2 atom stereocenters. The lowest BCUT2D eigenvalue weighted by Gasteiger charge is -2.28. The molecule has 28 heavy (non-hydrogen) atoms. The van der Waals surface area contributed by atoms with Gasteiger partial charge in [-0.3, -0.25) is 14.4 Å². The third-order valence-electron chi connectivity index (χ3n) is 4.68. The zero-order chi connectivity index (χ0) is 19.9. The maximum absolute atomic E-state index is 12.8. The van der Waals surface area contributed by atoms with Crippen molar-refractivity contribution in [3.05, 3.63) is 48.0 Å². The number of ketones is 1. The number of nitrogens with zero attached hydrogens (tertiary/aromatic N) is 1. The van der Waals surface area contributed by atoms with Gasteiger partial charge >= 0.3 is 5.97 Å². The number of Topliss-reactive ketones (excluding diaryl/α,β-unsaturated/α-hetero) is 1. The molecule has 0 radical (unpaired) electrons. The molecule has 2 aromatic carbocycles. The lowest BCUT2D eigenvalue weighted by Crippen LogP contribution is -2.44. The Labute approximate surface area is 163 Å². The first kappa shape index (κ1) is 20.4. The summed E-state index contributed by atoms with van der Waals surface area (Å²) in [6.45, 7) is 3.63. The lowest BCUT2D eigenvalue weighted by molar-refractivity contribution is -0.272. The standard InChI is InChI=1S/C21H25NO6/c1-2-27-20(24)18(19(23)21(25)28-22-10-12-26-13-11-22)14-16-8-5-7-15-6-3-4-9-17(15)16/h3-9,18,21,25H,2,10-14H2,1H3/t18-,21?/m1/s1. The van der Waals surface area contributed by atoms with Gasteiger partial charge in [0.1, 0.15) is 5.92 Å². The van der Waals surface area contributed by atoms with Gasteiger partial charge in [0.2, 0.25) is 12.1 Å². The van der Waals surface area contributed by atoms with E-state index < -0.39 is 24.0 Å². The Morgan fingerprint density at radius 2 is 1.86 bits per heavy atom. The number of hydrogen-bond donors (Lipinski definition) is 1. The van der Waals surface area contributed by atoms with Crippen LogP contribution in [-0.4, -0.2) is 61.1 Å². The second-order valence-electron chi connectivity index (χ2n) is 6.55. The first-order chi connectivity index (χ1) is 13.6. The van der Waals surface area contributed by atoms with Gasteiger partial charge in [0, 0.05) is 13.1 Å². The molecule has 0 spiro atoms. The quantitative estimate of drug-likeness (QED) is 0.419. The van der Waals surface area contributed by atoms with Crippen molar-refractivity contribution in [3.63, 3.8) is 0 Å². The molecule has 7 nitrogen and oxygen atoms in total. The number of aliphatic hydroxyl groups excluding tert-OH is 1. The van der Waals surface area contributed by atoms with Gasteiger partial charge in [-0.05, 0) is 29.7 Å². The minimum Gasteiger partial charge on any atom is -0.465 e. The molecule has 1 saturated heterocycles. The summed E-state index contributed by atoms with van der Waals surface area (Å²) in [7, 11) is 0. The van der Waals surface area contributed by atoms with Crippen LogP contribution in [-0.2, 0) is 30.3 Å². The Morgan fingerprint density at radius 1 is 1.14 bits per heavy atom. The Morgan fingerprint density at radius 3 is 2.61 bits per heavy atom. The van der Waals surface area contributed by atoms with Gasteiger partial charge in [0.15, 0.2) is 0 Å². The highest BCUT2D eigenvalue weighted by molar-refractivity contribution is 6.01. The summed E-state index contributed by atoms with van der Waals surface area (Å²) in [6, 6.07) is 13.5. The maximum Gasteiger partial charge on any atom is 0.317 e. The molecule has 1 unspecified atom stereocenters. The van der Waals surface area contributed by atoms with Crippen molar-refractivity contribution >= 4 is 22.5 Å². The number of ether oxygens (including phenoxy) is 2. The number of morpholine rings is 1. The summed E-state index contributed by atoms with van der Waals surface area (Å²) >= 11 is 0. The molecule has 1 fully saturated rings. The Balaban J connectivity index is 1.79. The highest BCUT2D eigenvalue weighted by Crippen LogP contribution is 2.23. The number of hydrogen-bond acceptors (Lipinski definition) is 7. The summed E-state index contributed by atoms with van der Waals surface area (Å²) in [6.07, 6.45) is -1.61. The van der Waals surface area contributed by atoms with Crippen LogP contribution < -0.4 is 0 Å². The molecule has 0 bridgehead atoms. The SMILES string of the molecule is CCOC(=O)[C@H](Cc1cccc2ccccc12)C(=O)C(O)ON1CCOCC1. The summed E-state index contributed by atoms with van der Waals surface area (Å²) < 4.78 is 10.3. The molecule has 1 heterocycles. The molecule has 1 aliphatic rings. The number of carbonyl (C=O) groups is 2. The number of carbonyl (C=O) groups excluding carboxylic acids is 2. The second-order valence-corrected chi connectivity index (χ2v) is 6.55. The van der Waals surface area contributed by atoms with Crippen molar-refractivity contribution in [2.24, 2.45) is 5.92 Å². The smallest absolute Gasteiger partial charge is 0.317 e. The fourth-order valence-corrected chi connectivity index (χ4v) is 3.25. The van der Waals surface area contributed by atoms with Crippen molar-refractivity contribution in [2.45, 2.75) is 19.6 Å². The highest BCUT2D eigenvalue weighted by Gasteiger charge is 2.35. The largest absolute Gasteiger partial charge is 0.465 e. The van der Waals surface area contributed by atoms with Crippen molar-refractivity contribution < 1.29 is 29.0 Å². The molecular formula is C21H25NO6. The van der Waals surface area contributed by atoms with Crippen LogP contribution in [0.15, 0.2) is 42.5 Å². The van der Waals surface area contributed by atoms with Crippen molar-refractivity contribution in [2.75, 3.05) is 32.9 Å². The van der Waals surface area contributed by atoms with Gasteiger partial charge in [0.25, 0.3) is 0 Å². The van der Waals surface area contributed by atoms with E-state index in [4.69, 9.17) is 14.3 Å². The first-order valence-corrected chi connectivity index (χ1v) is 9.44. The zero-order valence-corrected chi connectivity index (χ0v) is 15.9. The Bertz CT molecular complexity index is 812. The van der Waals surface area contributed by atoms with Crippen molar-refractivity contribution in [3.8, 4) is 0 Å². The molecule has 0 aliphatic carbocycles. The van der Waals surface area contributed by atoms with E-state index in [2.05, 4.69) is 0 Å². The molecule has 0 saturated carbocycles. The van der Waals surface area contributed by atoms with Crippen LogP contribution in [0.3, 0.4) is 0 Å². The minimum atomic E-state index is -1.73. The van der Waals surface area contributed by atoms with E-state index in [1.165, 1.54) is 5.06 Å². The normalized spacial score (nSPS) is 17.2. The number of rotatable bonds is 8. The van der Waals surface area contributed by atoms with Crippen molar-refractivity contribution in [1.29, 1.82) is 0 Å². The minimum absolute atomic E-state index is 0.128. The average Bonchev–Trinajstić information content (AvgIpc) is 2.72. The average molecular weight is 387 g/mol. The van der Waals surface area contributed by atoms with Crippen molar-refractivity contribution in [1.82, 2.24) is 5.06 Å². The fourth-order valence-electron chi connectivity index (χ4n) is 3.25. The predicted octanol–water partition coefficient (Wildman–Crippen LogP) is 1.71. The summed E-state index contributed by atoms with van der Waals surface area (Å²) in [5.41, 5.74) is 0.836. The second kappa shape index (κ2) is 9.75. The van der Waals surface area contributed by atoms with Gasteiger partial charge in [-0.25, -0.2) is 0 Å². The molecule has 1 N–H and O–H groups in total. The van der Waals surface area contributed by atoms with Crippen LogP contribution in [0.4, 0.5) is 0 Å². The topological polar surface area (TPSA) is 85.3 Å². The lowest BCUT2D eigenvalue weighted by atomic mass is 9.91. The van der Waals surface area contributed by atoms with Crippen LogP contribution >= 0.6 is 0 Å². The van der Waals surface area contributed by atoms with E-state index in [1.807, 2.05) is 42.5 Å². The number of benzene rings is 2. The predicted molar refractivity (Wildman–Crippen MR) is 102 cm³/mol. The third-order valence-corrected chi connectivity index (χ3v) is 4.68. The molecule has 150 valence electrons. The van der Waals surface area contributed by atoms with E-state index in [0.717, 1.165) is 16.3 Å². The maximum atomic E-state index is 12.8. The fraction of sp³-hybridized carbons (Fsp3) is 0.429. The molecule has 3 rings (SSSR count). The van der Waals surface area contributed by atoms with Gasteiger partial charge < -0.3 is 14.6 Å². The monoisotopic (exact) mass is 387 g/mol. The van der Waals surface area contributed by atoms with E-state index in [0.29, 0.717) is 26.3 Å².